The van der Waals surface area contributed by atoms with E-state index in [1.165, 1.54) is 5.56 Å². The normalized spacial score (nSPS) is 11.8. The van der Waals surface area contributed by atoms with Crippen molar-refractivity contribution in [2.45, 2.75) is 39.5 Å². The quantitative estimate of drug-likeness (QED) is 0.874. The lowest BCUT2D eigenvalue weighted by molar-refractivity contribution is 0.438. The van der Waals surface area contributed by atoms with E-state index in [-0.39, 0.29) is 5.41 Å². The van der Waals surface area contributed by atoms with Crippen LogP contribution in [-0.2, 0) is 11.8 Å². The van der Waals surface area contributed by atoms with Gasteiger partial charge in [0.15, 0.2) is 0 Å². The highest BCUT2D eigenvalue weighted by molar-refractivity contribution is 5.67. The molecule has 2 rings (SSSR count). The number of nitrogens with two attached hydrogens (primary N) is 1. The van der Waals surface area contributed by atoms with Gasteiger partial charge in [0.2, 0.25) is 5.88 Å². The van der Waals surface area contributed by atoms with Gasteiger partial charge in [-0.25, -0.2) is 0 Å². The highest BCUT2D eigenvalue weighted by Gasteiger charge is 2.16. The molecule has 1 aromatic carbocycles. The summed E-state index contributed by atoms with van der Waals surface area (Å²) in [6.45, 7) is 8.66. The van der Waals surface area contributed by atoms with Crippen LogP contribution in [0.2, 0.25) is 0 Å². The van der Waals surface area contributed by atoms with Crippen LogP contribution in [-0.4, -0.2) is 5.16 Å². The number of anilines is 1. The molecular weight excluding hydrogens is 224 g/mol. The Morgan fingerprint density at radius 3 is 2.28 bits per heavy atom. The molecule has 0 unspecified atom stereocenters. The van der Waals surface area contributed by atoms with E-state index in [4.69, 9.17) is 10.3 Å². The zero-order valence-electron chi connectivity index (χ0n) is 11.4. The lowest BCUT2D eigenvalue weighted by Gasteiger charge is -2.18. The minimum Gasteiger partial charge on any atom is -0.367 e. The van der Waals surface area contributed by atoms with E-state index in [1.807, 2.05) is 0 Å². The molecular formula is C15H20N2O. The fourth-order valence-corrected chi connectivity index (χ4v) is 2.02. The minimum atomic E-state index is 0.162. The van der Waals surface area contributed by atoms with Gasteiger partial charge in [-0.15, -0.1) is 0 Å². The van der Waals surface area contributed by atoms with Gasteiger partial charge in [-0.05, 0) is 17.4 Å². The molecule has 96 valence electrons. The minimum absolute atomic E-state index is 0.162. The molecule has 18 heavy (non-hydrogen) atoms. The fourth-order valence-electron chi connectivity index (χ4n) is 2.02. The summed E-state index contributed by atoms with van der Waals surface area (Å²) in [5.41, 5.74) is 10.1. The number of benzene rings is 1. The molecule has 0 radical (unpaired) electrons. The molecule has 3 heteroatoms. The first kappa shape index (κ1) is 12.7. The first-order valence-corrected chi connectivity index (χ1v) is 6.28. The number of hydrogen-bond donors (Lipinski definition) is 1. The summed E-state index contributed by atoms with van der Waals surface area (Å²) in [5, 5.41) is 4.05. The average Bonchev–Trinajstić information content (AvgIpc) is 2.69. The summed E-state index contributed by atoms with van der Waals surface area (Å²) in [6, 6.07) is 8.44. The van der Waals surface area contributed by atoms with E-state index in [0.717, 1.165) is 23.2 Å². The molecule has 1 heterocycles. The molecule has 0 aliphatic rings. The molecule has 0 saturated carbocycles. The Bertz CT molecular complexity index is 533. The number of nitrogen functional groups attached to an aromatic ring is 1. The van der Waals surface area contributed by atoms with Crippen molar-refractivity contribution in [2.24, 2.45) is 0 Å². The van der Waals surface area contributed by atoms with E-state index in [1.54, 1.807) is 0 Å². The van der Waals surface area contributed by atoms with Gasteiger partial charge in [0, 0.05) is 11.1 Å². The van der Waals surface area contributed by atoms with Crippen molar-refractivity contribution in [3.05, 3.63) is 35.4 Å². The van der Waals surface area contributed by atoms with Gasteiger partial charge in [0.1, 0.15) is 5.69 Å². The Kier molecular flexibility index (Phi) is 3.16. The van der Waals surface area contributed by atoms with Crippen molar-refractivity contribution in [2.75, 3.05) is 5.73 Å². The van der Waals surface area contributed by atoms with Crippen LogP contribution in [0.1, 0.15) is 38.8 Å². The topological polar surface area (TPSA) is 52.0 Å². The fraction of sp³-hybridized carbons (Fsp3) is 0.400. The summed E-state index contributed by atoms with van der Waals surface area (Å²) in [4.78, 5) is 0. The van der Waals surface area contributed by atoms with Crippen molar-refractivity contribution in [3.63, 3.8) is 0 Å². The third-order valence-corrected chi connectivity index (χ3v) is 3.20. The Morgan fingerprint density at radius 2 is 1.78 bits per heavy atom. The second kappa shape index (κ2) is 4.48. The van der Waals surface area contributed by atoms with E-state index >= 15 is 0 Å². The van der Waals surface area contributed by atoms with E-state index in [9.17, 15) is 0 Å². The molecule has 2 aromatic rings. The largest absolute Gasteiger partial charge is 0.367 e. The molecule has 0 amide bonds. The highest BCUT2D eigenvalue weighted by atomic mass is 16.5. The van der Waals surface area contributed by atoms with E-state index in [0.29, 0.717) is 5.88 Å². The van der Waals surface area contributed by atoms with Crippen LogP contribution in [0.4, 0.5) is 5.88 Å². The van der Waals surface area contributed by atoms with Crippen molar-refractivity contribution in [3.8, 4) is 11.3 Å². The van der Waals surface area contributed by atoms with Gasteiger partial charge in [-0.3, -0.25) is 0 Å². The summed E-state index contributed by atoms with van der Waals surface area (Å²) in [6.07, 6.45) is 0.825. The zero-order valence-corrected chi connectivity index (χ0v) is 11.4. The molecule has 0 spiro atoms. The molecule has 2 N–H and O–H groups in total. The number of hydrogen-bond acceptors (Lipinski definition) is 3. The summed E-state index contributed by atoms with van der Waals surface area (Å²) in [7, 11) is 0. The van der Waals surface area contributed by atoms with Gasteiger partial charge >= 0.3 is 0 Å². The van der Waals surface area contributed by atoms with Crippen LogP contribution in [0, 0.1) is 0 Å². The number of rotatable bonds is 2. The van der Waals surface area contributed by atoms with Crippen LogP contribution in [0.15, 0.2) is 28.8 Å². The highest BCUT2D eigenvalue weighted by Crippen LogP contribution is 2.29. The second-order valence-corrected chi connectivity index (χ2v) is 5.55. The van der Waals surface area contributed by atoms with Crippen LogP contribution >= 0.6 is 0 Å². The Balaban J connectivity index is 2.40. The Labute approximate surface area is 108 Å². The SMILES string of the molecule is CCc1c(-c2ccc(C(C)(C)C)cc2)noc1N. The monoisotopic (exact) mass is 244 g/mol. The molecule has 0 aliphatic heterocycles. The molecule has 0 atom stereocenters. The third-order valence-electron chi connectivity index (χ3n) is 3.20. The summed E-state index contributed by atoms with van der Waals surface area (Å²) in [5.74, 6) is 0.424. The molecule has 0 saturated heterocycles. The first-order chi connectivity index (χ1) is 8.43. The summed E-state index contributed by atoms with van der Waals surface area (Å²) >= 11 is 0. The maximum absolute atomic E-state index is 5.76. The first-order valence-electron chi connectivity index (χ1n) is 6.28. The average molecular weight is 244 g/mol. The standard InChI is InChI=1S/C15H20N2O/c1-5-12-13(17-18-14(12)16)10-6-8-11(9-7-10)15(2,3)4/h6-9H,5,16H2,1-4H3. The predicted octanol–water partition coefficient (Wildman–Crippen LogP) is 3.78. The van der Waals surface area contributed by atoms with E-state index < -0.39 is 0 Å². The van der Waals surface area contributed by atoms with Gasteiger partial charge in [0.05, 0.1) is 0 Å². The van der Waals surface area contributed by atoms with Crippen molar-refractivity contribution >= 4 is 5.88 Å². The van der Waals surface area contributed by atoms with Gasteiger partial charge in [-0.1, -0.05) is 57.1 Å². The third kappa shape index (κ3) is 2.26. The van der Waals surface area contributed by atoms with Gasteiger partial charge in [0.25, 0.3) is 0 Å². The lowest BCUT2D eigenvalue weighted by Crippen LogP contribution is -2.10. The van der Waals surface area contributed by atoms with Crippen LogP contribution in [0.3, 0.4) is 0 Å². The smallest absolute Gasteiger partial charge is 0.225 e. The number of aromatic nitrogens is 1. The maximum atomic E-state index is 5.76. The molecule has 0 fully saturated rings. The van der Waals surface area contributed by atoms with Crippen molar-refractivity contribution < 1.29 is 4.52 Å². The van der Waals surface area contributed by atoms with Crippen LogP contribution < -0.4 is 5.73 Å². The Hall–Kier alpha value is -1.77. The molecule has 1 aromatic heterocycles. The lowest BCUT2D eigenvalue weighted by atomic mass is 9.86. The Morgan fingerprint density at radius 1 is 1.17 bits per heavy atom. The van der Waals surface area contributed by atoms with Gasteiger partial charge < -0.3 is 10.3 Å². The van der Waals surface area contributed by atoms with Crippen LogP contribution in [0.5, 0.6) is 0 Å². The predicted molar refractivity (Wildman–Crippen MR) is 74.4 cm³/mol. The summed E-state index contributed by atoms with van der Waals surface area (Å²) < 4.78 is 5.07. The second-order valence-electron chi connectivity index (χ2n) is 5.55. The zero-order chi connectivity index (χ0) is 13.3. The van der Waals surface area contributed by atoms with Crippen molar-refractivity contribution in [1.29, 1.82) is 0 Å². The molecule has 3 nitrogen and oxygen atoms in total. The van der Waals surface area contributed by atoms with E-state index in [2.05, 4.69) is 57.1 Å². The van der Waals surface area contributed by atoms with Crippen molar-refractivity contribution in [1.82, 2.24) is 5.16 Å². The van der Waals surface area contributed by atoms with Gasteiger partial charge in [-0.2, -0.15) is 0 Å². The molecule has 0 aliphatic carbocycles. The number of nitrogens with zero attached hydrogens (tertiary/aromatic N) is 1. The molecule has 0 bridgehead atoms. The maximum Gasteiger partial charge on any atom is 0.225 e. The van der Waals surface area contributed by atoms with Crippen LogP contribution in [0.25, 0.3) is 11.3 Å².